The Kier molecular flexibility index (Phi) is 2.33. The lowest BCUT2D eigenvalue weighted by atomic mass is 10.1. The van der Waals surface area contributed by atoms with Gasteiger partial charge in [0.2, 0.25) is 0 Å². The summed E-state index contributed by atoms with van der Waals surface area (Å²) in [4.78, 5) is 10.1. The second-order valence-corrected chi connectivity index (χ2v) is 3.52. The first-order valence-corrected chi connectivity index (χ1v) is 4.56. The van der Waals surface area contributed by atoms with Gasteiger partial charge in [-0.3, -0.25) is 0 Å². The van der Waals surface area contributed by atoms with Crippen molar-refractivity contribution >= 4 is 17.4 Å². The average molecular weight is 199 g/mol. The molecule has 0 saturated carbocycles. The molecule has 1 N–H and O–H groups in total. The molecule has 0 amide bonds. The van der Waals surface area contributed by atoms with E-state index in [1.807, 2.05) is 7.05 Å². The van der Waals surface area contributed by atoms with E-state index in [2.05, 4.69) is 20.2 Å². The van der Waals surface area contributed by atoms with Crippen LogP contribution in [0.5, 0.6) is 0 Å². The fourth-order valence-corrected chi connectivity index (χ4v) is 1.52. The van der Waals surface area contributed by atoms with Crippen molar-refractivity contribution in [1.29, 1.82) is 0 Å². The van der Waals surface area contributed by atoms with E-state index in [-0.39, 0.29) is 0 Å². The summed E-state index contributed by atoms with van der Waals surface area (Å²) in [5, 5.41) is 3.81. The predicted octanol–water partition coefficient (Wildman–Crippen LogP) is 0.538. The monoisotopic (exact) mass is 198 g/mol. The fourth-order valence-electron chi connectivity index (χ4n) is 1.29. The maximum atomic E-state index is 5.96. The van der Waals surface area contributed by atoms with Gasteiger partial charge in [0.15, 0.2) is 5.82 Å². The van der Waals surface area contributed by atoms with E-state index >= 15 is 0 Å². The molecule has 1 fully saturated rings. The standard InChI is InChI=1S/C8H11ClN4/c1-13(6-2-10-3-6)8-7(9)4-11-5-12-8/h4-6,10H,2-3H2,1H3. The maximum Gasteiger partial charge on any atom is 0.150 e. The molecule has 0 bridgehead atoms. The zero-order valence-corrected chi connectivity index (χ0v) is 8.12. The summed E-state index contributed by atoms with van der Waals surface area (Å²) in [5.74, 6) is 0.808. The highest BCUT2D eigenvalue weighted by Crippen LogP contribution is 2.22. The Bertz CT molecular complexity index is 300. The van der Waals surface area contributed by atoms with Crippen LogP contribution in [0.3, 0.4) is 0 Å². The Morgan fingerprint density at radius 3 is 2.92 bits per heavy atom. The van der Waals surface area contributed by atoms with E-state index in [1.54, 1.807) is 6.20 Å². The van der Waals surface area contributed by atoms with Crippen LogP contribution in [0.2, 0.25) is 5.02 Å². The number of hydrogen-bond acceptors (Lipinski definition) is 4. The van der Waals surface area contributed by atoms with Crippen molar-refractivity contribution in [1.82, 2.24) is 15.3 Å². The van der Waals surface area contributed by atoms with Crippen LogP contribution in [0.4, 0.5) is 5.82 Å². The van der Waals surface area contributed by atoms with E-state index in [1.165, 1.54) is 6.33 Å². The van der Waals surface area contributed by atoms with Crippen molar-refractivity contribution in [3.05, 3.63) is 17.5 Å². The summed E-state index contributed by atoms with van der Waals surface area (Å²) in [5.41, 5.74) is 0. The highest BCUT2D eigenvalue weighted by molar-refractivity contribution is 6.32. The highest BCUT2D eigenvalue weighted by atomic mass is 35.5. The Hall–Kier alpha value is -0.870. The van der Waals surface area contributed by atoms with Gasteiger partial charge in [0, 0.05) is 20.1 Å². The van der Waals surface area contributed by atoms with Gasteiger partial charge >= 0.3 is 0 Å². The summed E-state index contributed by atoms with van der Waals surface area (Å²) < 4.78 is 0. The zero-order valence-electron chi connectivity index (χ0n) is 7.37. The molecule has 0 unspecified atom stereocenters. The Balaban J connectivity index is 2.18. The Morgan fingerprint density at radius 1 is 1.62 bits per heavy atom. The molecule has 5 heteroatoms. The van der Waals surface area contributed by atoms with Crippen LogP contribution in [0.1, 0.15) is 0 Å². The van der Waals surface area contributed by atoms with E-state index < -0.39 is 0 Å². The van der Waals surface area contributed by atoms with Gasteiger partial charge in [-0.05, 0) is 0 Å². The molecule has 0 radical (unpaired) electrons. The maximum absolute atomic E-state index is 5.96. The fraction of sp³-hybridized carbons (Fsp3) is 0.500. The lowest BCUT2D eigenvalue weighted by Gasteiger charge is -2.36. The van der Waals surface area contributed by atoms with Gasteiger partial charge in [-0.15, -0.1) is 0 Å². The molecular formula is C8H11ClN4. The number of nitrogens with zero attached hydrogens (tertiary/aromatic N) is 3. The van der Waals surface area contributed by atoms with Crippen LogP contribution in [0.15, 0.2) is 12.5 Å². The van der Waals surface area contributed by atoms with Gasteiger partial charge < -0.3 is 10.2 Å². The minimum atomic E-state index is 0.507. The summed E-state index contributed by atoms with van der Waals surface area (Å²) in [6.07, 6.45) is 3.14. The molecule has 4 nitrogen and oxygen atoms in total. The minimum absolute atomic E-state index is 0.507. The second-order valence-electron chi connectivity index (χ2n) is 3.12. The number of nitrogens with one attached hydrogen (secondary N) is 1. The average Bonchev–Trinajstić information content (AvgIpc) is 2.01. The van der Waals surface area contributed by atoms with Crippen LogP contribution in [-0.2, 0) is 0 Å². The molecule has 0 aliphatic carbocycles. The van der Waals surface area contributed by atoms with Crippen LogP contribution >= 0.6 is 11.6 Å². The van der Waals surface area contributed by atoms with Gasteiger partial charge in [0.25, 0.3) is 0 Å². The van der Waals surface area contributed by atoms with E-state index in [4.69, 9.17) is 11.6 Å². The minimum Gasteiger partial charge on any atom is -0.353 e. The molecule has 1 aliphatic heterocycles. The van der Waals surface area contributed by atoms with Crippen molar-refractivity contribution in [3.63, 3.8) is 0 Å². The molecule has 2 rings (SSSR count). The predicted molar refractivity (Wildman–Crippen MR) is 52.1 cm³/mol. The van der Waals surface area contributed by atoms with Crippen LogP contribution < -0.4 is 10.2 Å². The van der Waals surface area contributed by atoms with Crippen molar-refractivity contribution < 1.29 is 0 Å². The second kappa shape index (κ2) is 3.47. The molecule has 13 heavy (non-hydrogen) atoms. The van der Waals surface area contributed by atoms with Crippen molar-refractivity contribution in [2.75, 3.05) is 25.0 Å². The first kappa shape index (κ1) is 8.72. The first-order valence-electron chi connectivity index (χ1n) is 4.18. The number of halogens is 1. The molecular weight excluding hydrogens is 188 g/mol. The highest BCUT2D eigenvalue weighted by Gasteiger charge is 2.23. The van der Waals surface area contributed by atoms with E-state index in [9.17, 15) is 0 Å². The number of aromatic nitrogens is 2. The molecule has 1 aliphatic rings. The van der Waals surface area contributed by atoms with Crippen LogP contribution in [0, 0.1) is 0 Å². The van der Waals surface area contributed by atoms with Crippen molar-refractivity contribution in [2.24, 2.45) is 0 Å². The largest absolute Gasteiger partial charge is 0.353 e. The number of anilines is 1. The Labute approximate surface area is 81.9 Å². The van der Waals surface area contributed by atoms with Crippen molar-refractivity contribution in [2.45, 2.75) is 6.04 Å². The number of hydrogen-bond donors (Lipinski definition) is 1. The molecule has 70 valence electrons. The first-order chi connectivity index (χ1) is 6.29. The van der Waals surface area contributed by atoms with Gasteiger partial charge in [0.05, 0.1) is 12.2 Å². The molecule has 1 aromatic rings. The summed E-state index contributed by atoms with van der Waals surface area (Å²) in [6.45, 7) is 1.99. The van der Waals surface area contributed by atoms with E-state index in [0.717, 1.165) is 18.9 Å². The zero-order chi connectivity index (χ0) is 9.26. The van der Waals surface area contributed by atoms with E-state index in [0.29, 0.717) is 11.1 Å². The summed E-state index contributed by atoms with van der Waals surface area (Å²) in [7, 11) is 2.00. The lowest BCUT2D eigenvalue weighted by molar-refractivity contribution is 0.426. The molecule has 1 aromatic heterocycles. The van der Waals surface area contributed by atoms with Gasteiger partial charge in [-0.1, -0.05) is 11.6 Å². The Morgan fingerprint density at radius 2 is 2.38 bits per heavy atom. The quantitative estimate of drug-likeness (QED) is 0.753. The molecule has 0 aromatic carbocycles. The third-order valence-electron chi connectivity index (χ3n) is 2.29. The SMILES string of the molecule is CN(c1ncncc1Cl)C1CNC1. The molecule has 2 heterocycles. The smallest absolute Gasteiger partial charge is 0.150 e. The third-order valence-corrected chi connectivity index (χ3v) is 2.56. The molecule has 0 atom stereocenters. The van der Waals surface area contributed by atoms with Gasteiger partial charge in [0.1, 0.15) is 11.3 Å². The number of rotatable bonds is 2. The summed E-state index contributed by atoms with van der Waals surface area (Å²) >= 11 is 5.96. The number of likely N-dealkylation sites (N-methyl/N-ethyl adjacent to an activating group) is 1. The van der Waals surface area contributed by atoms with Crippen LogP contribution in [-0.4, -0.2) is 36.1 Å². The van der Waals surface area contributed by atoms with Crippen molar-refractivity contribution in [3.8, 4) is 0 Å². The molecule has 0 spiro atoms. The lowest BCUT2D eigenvalue weighted by Crippen LogP contribution is -2.56. The van der Waals surface area contributed by atoms with Crippen LogP contribution in [0.25, 0.3) is 0 Å². The summed E-state index contributed by atoms with van der Waals surface area (Å²) in [6, 6.07) is 0.507. The van der Waals surface area contributed by atoms with Gasteiger partial charge in [-0.25, -0.2) is 9.97 Å². The third kappa shape index (κ3) is 1.59. The van der Waals surface area contributed by atoms with Gasteiger partial charge in [-0.2, -0.15) is 0 Å². The topological polar surface area (TPSA) is 41.1 Å². The normalized spacial score (nSPS) is 16.8. The molecule has 1 saturated heterocycles.